The molecule has 0 saturated carbocycles. The Morgan fingerprint density at radius 2 is 1.59 bits per heavy atom. The van der Waals surface area contributed by atoms with Gasteiger partial charge in [-0.2, -0.15) is 0 Å². The Morgan fingerprint density at radius 1 is 0.955 bits per heavy atom. The molecule has 2 aliphatic rings. The first-order valence-corrected chi connectivity index (χ1v) is 7.99. The molecule has 1 heterocycles. The molecule has 0 saturated heterocycles. The van der Waals surface area contributed by atoms with Crippen molar-refractivity contribution in [2.45, 2.75) is 31.3 Å². The van der Waals surface area contributed by atoms with Gasteiger partial charge >= 0.3 is 0 Å². The second-order valence-electron chi connectivity index (χ2n) is 6.22. The molecule has 1 atom stereocenters. The first kappa shape index (κ1) is 13.5. The van der Waals surface area contributed by atoms with Crippen molar-refractivity contribution in [3.05, 3.63) is 70.8 Å². The van der Waals surface area contributed by atoms with Gasteiger partial charge in [0.15, 0.2) is 0 Å². The fraction of sp³-hybridized carbons (Fsp3) is 0.316. The summed E-state index contributed by atoms with van der Waals surface area (Å²) < 4.78 is 0. The molecule has 1 aliphatic carbocycles. The van der Waals surface area contributed by atoms with Crippen molar-refractivity contribution in [3.8, 4) is 0 Å². The van der Waals surface area contributed by atoms with Gasteiger partial charge in [0, 0.05) is 12.6 Å². The molecule has 2 aromatic carbocycles. The maximum Gasteiger partial charge on any atom is 0.241 e. The monoisotopic (exact) mass is 292 g/mol. The summed E-state index contributed by atoms with van der Waals surface area (Å²) in [7, 11) is 0. The van der Waals surface area contributed by atoms with Gasteiger partial charge in [0.2, 0.25) is 5.91 Å². The summed E-state index contributed by atoms with van der Waals surface area (Å²) in [4.78, 5) is 12.7. The lowest BCUT2D eigenvalue weighted by Crippen LogP contribution is -2.45. The van der Waals surface area contributed by atoms with Crippen LogP contribution in [0.3, 0.4) is 0 Å². The van der Waals surface area contributed by atoms with E-state index in [0.29, 0.717) is 0 Å². The lowest BCUT2D eigenvalue weighted by atomic mass is 9.93. The maximum absolute atomic E-state index is 12.7. The molecule has 1 amide bonds. The van der Waals surface area contributed by atoms with E-state index in [2.05, 4.69) is 47.0 Å². The number of hydrogen-bond donors (Lipinski definition) is 2. The van der Waals surface area contributed by atoms with E-state index in [1.807, 2.05) is 12.1 Å². The van der Waals surface area contributed by atoms with Crippen molar-refractivity contribution in [1.29, 1.82) is 0 Å². The molecule has 22 heavy (non-hydrogen) atoms. The second-order valence-corrected chi connectivity index (χ2v) is 6.22. The maximum atomic E-state index is 12.7. The average Bonchev–Trinajstić information content (AvgIpc) is 2.96. The molecule has 3 nitrogen and oxygen atoms in total. The molecule has 2 aromatic rings. The molecule has 0 fully saturated rings. The van der Waals surface area contributed by atoms with Crippen molar-refractivity contribution in [2.24, 2.45) is 0 Å². The molecule has 0 unspecified atom stereocenters. The van der Waals surface area contributed by atoms with Crippen LogP contribution in [0, 0.1) is 0 Å². The van der Waals surface area contributed by atoms with Gasteiger partial charge in [0.1, 0.15) is 6.04 Å². The molecule has 3 heteroatoms. The summed E-state index contributed by atoms with van der Waals surface area (Å²) in [5, 5.41) is 6.59. The number of fused-ring (bicyclic) bond motifs is 2. The van der Waals surface area contributed by atoms with Crippen LogP contribution in [0.4, 0.5) is 0 Å². The van der Waals surface area contributed by atoms with Crippen LogP contribution in [0.2, 0.25) is 0 Å². The third kappa shape index (κ3) is 2.42. The number of carbonyl (C=O) groups is 1. The Kier molecular flexibility index (Phi) is 3.43. The van der Waals surface area contributed by atoms with Crippen LogP contribution >= 0.6 is 0 Å². The van der Waals surface area contributed by atoms with Gasteiger partial charge in [-0.15, -0.1) is 0 Å². The Bertz CT molecular complexity index is 685. The second kappa shape index (κ2) is 5.58. The lowest BCUT2D eigenvalue weighted by Gasteiger charge is -2.27. The summed E-state index contributed by atoms with van der Waals surface area (Å²) in [5.74, 6) is 0.102. The summed E-state index contributed by atoms with van der Waals surface area (Å²) >= 11 is 0. The summed E-state index contributed by atoms with van der Waals surface area (Å²) in [6.07, 6.45) is 2.88. The first-order valence-electron chi connectivity index (χ1n) is 7.99. The van der Waals surface area contributed by atoms with E-state index >= 15 is 0 Å². The normalized spacial score (nSPS) is 20.3. The Labute approximate surface area is 130 Å². The number of carbonyl (C=O) groups excluding carboxylic acids is 1. The van der Waals surface area contributed by atoms with Crippen molar-refractivity contribution >= 4 is 5.91 Å². The minimum absolute atomic E-state index is 0.102. The van der Waals surface area contributed by atoms with Crippen molar-refractivity contribution in [3.63, 3.8) is 0 Å². The Balaban J connectivity index is 1.48. The average molecular weight is 292 g/mol. The van der Waals surface area contributed by atoms with Crippen LogP contribution < -0.4 is 10.6 Å². The van der Waals surface area contributed by atoms with E-state index in [4.69, 9.17) is 0 Å². The zero-order chi connectivity index (χ0) is 14.9. The number of rotatable bonds is 2. The number of benzene rings is 2. The highest BCUT2D eigenvalue weighted by Gasteiger charge is 2.29. The largest absolute Gasteiger partial charge is 0.351 e. The van der Waals surface area contributed by atoms with Gasteiger partial charge in [-0.1, -0.05) is 48.5 Å². The van der Waals surface area contributed by atoms with Gasteiger partial charge in [-0.05, 0) is 41.5 Å². The third-order valence-electron chi connectivity index (χ3n) is 4.77. The zero-order valence-electron chi connectivity index (χ0n) is 12.5. The van der Waals surface area contributed by atoms with Gasteiger partial charge in [-0.25, -0.2) is 0 Å². The van der Waals surface area contributed by atoms with Crippen LogP contribution in [0.5, 0.6) is 0 Å². The van der Waals surface area contributed by atoms with Crippen LogP contribution in [0.25, 0.3) is 0 Å². The third-order valence-corrected chi connectivity index (χ3v) is 4.77. The lowest BCUT2D eigenvalue weighted by molar-refractivity contribution is -0.124. The molecular formula is C19H20N2O. The smallest absolute Gasteiger partial charge is 0.241 e. The quantitative estimate of drug-likeness (QED) is 0.890. The highest BCUT2D eigenvalue weighted by atomic mass is 16.2. The van der Waals surface area contributed by atoms with Gasteiger partial charge in [0.05, 0.1) is 0 Å². The summed E-state index contributed by atoms with van der Waals surface area (Å²) in [5.41, 5.74) is 5.15. The summed E-state index contributed by atoms with van der Waals surface area (Å²) in [6, 6.07) is 16.7. The topological polar surface area (TPSA) is 41.1 Å². The Morgan fingerprint density at radius 3 is 2.32 bits per heavy atom. The van der Waals surface area contributed by atoms with E-state index < -0.39 is 0 Å². The van der Waals surface area contributed by atoms with E-state index in [9.17, 15) is 4.79 Å². The van der Waals surface area contributed by atoms with Crippen molar-refractivity contribution < 1.29 is 4.79 Å². The van der Waals surface area contributed by atoms with Crippen LogP contribution in [-0.2, 0) is 24.1 Å². The van der Waals surface area contributed by atoms with Gasteiger partial charge in [-0.3, -0.25) is 4.79 Å². The van der Waals surface area contributed by atoms with Gasteiger partial charge in [0.25, 0.3) is 0 Å². The molecule has 0 spiro atoms. The highest BCUT2D eigenvalue weighted by molar-refractivity contribution is 5.84. The molecule has 2 N–H and O–H groups in total. The van der Waals surface area contributed by atoms with Crippen LogP contribution in [0.1, 0.15) is 28.3 Å². The van der Waals surface area contributed by atoms with Crippen LogP contribution in [-0.4, -0.2) is 18.5 Å². The predicted octanol–water partition coefficient (Wildman–Crippen LogP) is 2.16. The fourth-order valence-electron chi connectivity index (χ4n) is 3.68. The minimum Gasteiger partial charge on any atom is -0.351 e. The highest BCUT2D eigenvalue weighted by Crippen LogP contribution is 2.25. The Hall–Kier alpha value is -2.13. The number of hydrogen-bond acceptors (Lipinski definition) is 2. The predicted molar refractivity (Wildman–Crippen MR) is 86.7 cm³/mol. The molecule has 1 aliphatic heterocycles. The van der Waals surface area contributed by atoms with Crippen molar-refractivity contribution in [1.82, 2.24) is 10.6 Å². The van der Waals surface area contributed by atoms with E-state index in [1.165, 1.54) is 16.7 Å². The molecule has 0 bridgehead atoms. The zero-order valence-corrected chi connectivity index (χ0v) is 12.5. The number of nitrogens with one attached hydrogen (secondary N) is 2. The SMILES string of the molecule is O=C(NC1Cc2ccccc2C1)[C@H]1NCCc2ccccc21. The van der Waals surface area contributed by atoms with Crippen LogP contribution in [0.15, 0.2) is 48.5 Å². The first-order chi connectivity index (χ1) is 10.8. The molecule has 4 rings (SSSR count). The number of amides is 1. The molecule has 0 aromatic heterocycles. The van der Waals surface area contributed by atoms with E-state index in [-0.39, 0.29) is 18.0 Å². The molecule has 112 valence electrons. The standard InChI is InChI=1S/C19H20N2O/c22-19(18-17-8-4-3-5-13(17)9-10-20-18)21-16-11-14-6-1-2-7-15(14)12-16/h1-8,16,18,20H,9-12H2,(H,21,22)/t18-/m0/s1. The van der Waals surface area contributed by atoms with Gasteiger partial charge < -0.3 is 10.6 Å². The fourth-order valence-corrected chi connectivity index (χ4v) is 3.68. The summed E-state index contributed by atoms with van der Waals surface area (Å²) in [6.45, 7) is 0.861. The van der Waals surface area contributed by atoms with E-state index in [0.717, 1.165) is 31.4 Å². The molecule has 0 radical (unpaired) electrons. The minimum atomic E-state index is -0.214. The molecular weight excluding hydrogens is 272 g/mol. The van der Waals surface area contributed by atoms with Crippen molar-refractivity contribution in [2.75, 3.05) is 6.54 Å². The van der Waals surface area contributed by atoms with E-state index in [1.54, 1.807) is 0 Å².